The normalized spacial score (nSPS) is 32.8. The lowest BCUT2D eigenvalue weighted by molar-refractivity contribution is -0.150. The first-order valence-electron chi connectivity index (χ1n) is 15.1. The summed E-state index contributed by atoms with van der Waals surface area (Å²) in [6.45, 7) is 5.13. The number of hydrogen-bond donors (Lipinski definition) is 2. The van der Waals surface area contributed by atoms with Crippen LogP contribution in [0.2, 0.25) is 0 Å². The Morgan fingerprint density at radius 3 is 2.47 bits per heavy atom. The lowest BCUT2D eigenvalue weighted by atomic mass is 9.85. The van der Waals surface area contributed by atoms with Crippen LogP contribution >= 0.6 is 0 Å². The molecule has 2 N–H and O–H groups in total. The van der Waals surface area contributed by atoms with E-state index in [1.54, 1.807) is 45.0 Å². The number of ether oxygens (including phenoxy) is 2. The van der Waals surface area contributed by atoms with Gasteiger partial charge in [0.2, 0.25) is 11.8 Å². The van der Waals surface area contributed by atoms with Gasteiger partial charge in [0.05, 0.1) is 17.6 Å². The number of fused-ring (bicyclic) bond motifs is 7. The number of carboxylic acids is 1. The molecule has 2 bridgehead atoms. The minimum absolute atomic E-state index is 0.0714. The van der Waals surface area contributed by atoms with Gasteiger partial charge in [-0.05, 0) is 61.0 Å². The maximum Gasteiger partial charge on any atom is 0.408 e. The molecule has 0 spiro atoms. The van der Waals surface area contributed by atoms with Gasteiger partial charge in [-0.2, -0.15) is 8.78 Å². The Bertz CT molecular complexity index is 1430. The molecule has 2 aliphatic carbocycles. The molecule has 43 heavy (non-hydrogen) atoms. The third-order valence-corrected chi connectivity index (χ3v) is 9.45. The maximum absolute atomic E-state index is 15.8. The Morgan fingerprint density at radius 2 is 1.77 bits per heavy atom. The van der Waals surface area contributed by atoms with Crippen molar-refractivity contribution in [1.29, 1.82) is 0 Å². The topological polar surface area (TPSA) is 131 Å². The van der Waals surface area contributed by atoms with Gasteiger partial charge in [0, 0.05) is 12.8 Å². The zero-order valence-corrected chi connectivity index (χ0v) is 24.6. The van der Waals surface area contributed by atoms with Crippen LogP contribution in [0.1, 0.15) is 71.4 Å². The number of aliphatic carboxylic acids is 1. The van der Waals surface area contributed by atoms with E-state index >= 15 is 8.78 Å². The maximum atomic E-state index is 15.8. The molecular formula is C31H38F2N4O6. The zero-order chi connectivity index (χ0) is 30.7. The third kappa shape index (κ3) is 5.84. The molecule has 10 nitrogen and oxygen atoms in total. The van der Waals surface area contributed by atoms with Gasteiger partial charge in [-0.3, -0.25) is 4.79 Å². The van der Waals surface area contributed by atoms with Gasteiger partial charge in [0.15, 0.2) is 5.69 Å². The van der Waals surface area contributed by atoms with E-state index < -0.39 is 59.6 Å². The summed E-state index contributed by atoms with van der Waals surface area (Å²) in [4.78, 5) is 49.1. The number of aromatic nitrogens is 2. The second-order valence-electron chi connectivity index (χ2n) is 13.6. The fourth-order valence-corrected chi connectivity index (χ4v) is 7.12. The van der Waals surface area contributed by atoms with E-state index in [1.807, 2.05) is 0 Å². The number of carbonyl (C=O) groups excluding carboxylic acids is 2. The van der Waals surface area contributed by atoms with Gasteiger partial charge in [-0.25, -0.2) is 19.6 Å². The molecule has 232 valence electrons. The molecule has 3 fully saturated rings. The van der Waals surface area contributed by atoms with Crippen LogP contribution in [0.3, 0.4) is 0 Å². The number of rotatable bonds is 1. The fourth-order valence-electron chi connectivity index (χ4n) is 7.12. The van der Waals surface area contributed by atoms with Crippen molar-refractivity contribution in [2.45, 2.75) is 95.9 Å². The first kappa shape index (κ1) is 29.5. The van der Waals surface area contributed by atoms with Crippen LogP contribution in [-0.4, -0.2) is 68.8 Å². The van der Waals surface area contributed by atoms with Gasteiger partial charge >= 0.3 is 12.1 Å². The molecule has 2 saturated carbocycles. The van der Waals surface area contributed by atoms with Gasteiger partial charge in [-0.1, -0.05) is 39.3 Å². The van der Waals surface area contributed by atoms with Gasteiger partial charge in [-0.15, -0.1) is 0 Å². The molecule has 4 aliphatic rings. The van der Waals surface area contributed by atoms with E-state index in [4.69, 9.17) is 9.47 Å². The second kappa shape index (κ2) is 10.9. The Hall–Kier alpha value is -3.57. The zero-order valence-electron chi connectivity index (χ0n) is 24.6. The summed E-state index contributed by atoms with van der Waals surface area (Å²) in [5.74, 6) is -4.64. The molecule has 0 radical (unpaired) electrons. The molecule has 2 amide bonds. The smallest absolute Gasteiger partial charge is 0.408 e. The molecule has 3 heterocycles. The van der Waals surface area contributed by atoms with Crippen molar-refractivity contribution in [2.24, 2.45) is 23.2 Å². The van der Waals surface area contributed by atoms with Crippen LogP contribution in [0.15, 0.2) is 24.3 Å². The predicted molar refractivity (Wildman–Crippen MR) is 150 cm³/mol. The van der Waals surface area contributed by atoms with Crippen molar-refractivity contribution in [3.05, 3.63) is 30.0 Å². The minimum Gasteiger partial charge on any atom is -0.480 e. The van der Waals surface area contributed by atoms with Gasteiger partial charge in [0.1, 0.15) is 24.3 Å². The highest BCUT2D eigenvalue weighted by Crippen LogP contribution is 2.58. The number of halogens is 2. The lowest BCUT2D eigenvalue weighted by Crippen LogP contribution is -2.57. The first-order chi connectivity index (χ1) is 20.3. The Morgan fingerprint density at radius 1 is 1.05 bits per heavy atom. The van der Waals surface area contributed by atoms with Crippen molar-refractivity contribution >= 4 is 29.0 Å². The standard InChI is InChI=1S/C31H38F2N4O6/c1-30(2,3)25-27(38)37-15-17(14-22(37)28(39)40)42-26-24(34-20-9-4-5-10-21(20)35-26)31(32,33)11-7-6-8-18-19-12-16(19)13-23(18)43-29(41)36-25/h4-5,9-10,16-19,22-23,25H,6-8,11-15H2,1-3H3,(H,36,41)(H,39,40)/t16?,17-,18-,19+,22+,23-,25-/m1/s1. The van der Waals surface area contributed by atoms with Crippen molar-refractivity contribution in [2.75, 3.05) is 6.54 Å². The second-order valence-corrected chi connectivity index (χ2v) is 13.6. The van der Waals surface area contributed by atoms with Gasteiger partial charge < -0.3 is 24.8 Å². The van der Waals surface area contributed by atoms with Crippen molar-refractivity contribution in [3.63, 3.8) is 0 Å². The number of carbonyl (C=O) groups is 3. The highest BCUT2D eigenvalue weighted by Gasteiger charge is 2.55. The lowest BCUT2D eigenvalue weighted by Gasteiger charge is -2.35. The number of nitrogens with zero attached hydrogens (tertiary/aromatic N) is 3. The summed E-state index contributed by atoms with van der Waals surface area (Å²) in [7, 11) is 0. The fraction of sp³-hybridized carbons (Fsp3) is 0.645. The van der Waals surface area contributed by atoms with Gasteiger partial charge in [0.25, 0.3) is 5.92 Å². The van der Waals surface area contributed by atoms with E-state index in [1.165, 1.54) is 0 Å². The molecular weight excluding hydrogens is 562 g/mol. The van der Waals surface area contributed by atoms with Crippen LogP contribution < -0.4 is 10.1 Å². The van der Waals surface area contributed by atoms with Crippen LogP contribution in [0.4, 0.5) is 13.6 Å². The SMILES string of the molecule is CC(C)(C)[C@@H]1NC(=O)O[C@@H]2CC3C[C@@H]3[C@H]2CCCCC(F)(F)c2nc3ccccc3nc2O[C@@H]2C[C@@H](C(=O)O)N(C2)C1=O. The molecule has 2 aromatic rings. The van der Waals surface area contributed by atoms with Crippen LogP contribution in [-0.2, 0) is 20.2 Å². The Labute approximate surface area is 248 Å². The summed E-state index contributed by atoms with van der Waals surface area (Å²) in [6, 6.07) is 4.28. The van der Waals surface area contributed by atoms with Crippen molar-refractivity contribution in [1.82, 2.24) is 20.2 Å². The number of alkyl halides is 2. The number of benzene rings is 1. The van der Waals surface area contributed by atoms with E-state index in [-0.39, 0.29) is 37.3 Å². The van der Waals surface area contributed by atoms with Crippen LogP contribution in [0, 0.1) is 23.2 Å². The number of nitrogens with one attached hydrogen (secondary N) is 1. The quantitative estimate of drug-likeness (QED) is 0.473. The summed E-state index contributed by atoms with van der Waals surface area (Å²) >= 11 is 0. The summed E-state index contributed by atoms with van der Waals surface area (Å²) in [6.07, 6.45) is 0.543. The molecule has 2 aliphatic heterocycles. The highest BCUT2D eigenvalue weighted by molar-refractivity contribution is 5.90. The van der Waals surface area contributed by atoms with E-state index in [0.29, 0.717) is 35.7 Å². The summed E-state index contributed by atoms with van der Waals surface area (Å²) in [5.41, 5.74) is -0.711. The van der Waals surface area contributed by atoms with Crippen LogP contribution in [0.25, 0.3) is 11.0 Å². The van der Waals surface area contributed by atoms with Crippen LogP contribution in [0.5, 0.6) is 5.88 Å². The number of hydrogen-bond acceptors (Lipinski definition) is 7. The molecule has 1 saturated heterocycles. The number of alkyl carbamates (subject to hydrolysis) is 1. The number of para-hydroxylation sites is 2. The summed E-state index contributed by atoms with van der Waals surface area (Å²) in [5, 5.41) is 12.8. The number of carboxylic acid groups (broad SMARTS) is 1. The largest absolute Gasteiger partial charge is 0.480 e. The predicted octanol–water partition coefficient (Wildman–Crippen LogP) is 4.89. The molecule has 12 heteroatoms. The highest BCUT2D eigenvalue weighted by atomic mass is 19.3. The Kier molecular flexibility index (Phi) is 7.45. The Balaban J connectivity index is 1.37. The molecule has 1 aromatic carbocycles. The molecule has 1 aromatic heterocycles. The van der Waals surface area contributed by atoms with E-state index in [9.17, 15) is 19.5 Å². The minimum atomic E-state index is -3.36. The van der Waals surface area contributed by atoms with E-state index in [2.05, 4.69) is 15.3 Å². The average Bonchev–Trinajstić information content (AvgIpc) is 3.42. The average molecular weight is 601 g/mol. The summed E-state index contributed by atoms with van der Waals surface area (Å²) < 4.78 is 43.5. The monoisotopic (exact) mass is 600 g/mol. The molecule has 1 unspecified atom stereocenters. The first-order valence-corrected chi connectivity index (χ1v) is 15.1. The molecule has 7 atom stereocenters. The molecule has 6 rings (SSSR count). The number of amides is 2. The third-order valence-electron chi connectivity index (χ3n) is 9.45. The van der Waals surface area contributed by atoms with E-state index in [0.717, 1.165) is 17.7 Å². The van der Waals surface area contributed by atoms with Crippen molar-refractivity contribution in [3.8, 4) is 5.88 Å². The van der Waals surface area contributed by atoms with Crippen molar-refractivity contribution < 1.29 is 37.7 Å².